The normalized spacial score (nSPS) is 10.9. The van der Waals surface area contributed by atoms with Crippen LogP contribution in [0.15, 0.2) is 52.0 Å². The average molecular weight is 455 g/mol. The van der Waals surface area contributed by atoms with Gasteiger partial charge in [0.15, 0.2) is 0 Å². The molecule has 4 rings (SSSR count). The maximum Gasteiger partial charge on any atom is 0.267 e. The number of aromatic nitrogens is 3. The number of carbonyl (C=O) groups is 1. The maximum atomic E-state index is 13.1. The van der Waals surface area contributed by atoms with Crippen LogP contribution < -0.4 is 20.3 Å². The number of benzene rings is 2. The molecule has 1 amide bonds. The van der Waals surface area contributed by atoms with E-state index >= 15 is 0 Å². The van der Waals surface area contributed by atoms with Crippen molar-refractivity contribution in [2.24, 2.45) is 0 Å². The third kappa shape index (κ3) is 4.02. The van der Waals surface area contributed by atoms with Crippen LogP contribution in [0.3, 0.4) is 0 Å². The van der Waals surface area contributed by atoms with Crippen LogP contribution in [-0.2, 0) is 11.3 Å². The zero-order chi connectivity index (χ0) is 22.8. The van der Waals surface area contributed by atoms with Crippen molar-refractivity contribution in [1.29, 1.82) is 0 Å². The highest BCUT2D eigenvalue weighted by molar-refractivity contribution is 6.32. The van der Waals surface area contributed by atoms with Gasteiger partial charge in [-0.15, -0.1) is 0 Å². The second-order valence-corrected chi connectivity index (χ2v) is 7.40. The third-order valence-electron chi connectivity index (χ3n) is 4.85. The largest absolute Gasteiger partial charge is 0.495 e. The number of rotatable bonds is 6. The van der Waals surface area contributed by atoms with E-state index in [1.54, 1.807) is 6.07 Å². The van der Waals surface area contributed by atoms with E-state index in [-0.39, 0.29) is 17.6 Å². The summed E-state index contributed by atoms with van der Waals surface area (Å²) in [7, 11) is 2.93. The number of halogens is 1. The smallest absolute Gasteiger partial charge is 0.267 e. The lowest BCUT2D eigenvalue weighted by Crippen LogP contribution is -2.28. The maximum absolute atomic E-state index is 13.1. The van der Waals surface area contributed by atoms with E-state index in [1.165, 1.54) is 31.2 Å². The number of methoxy groups -OCH3 is 2. The van der Waals surface area contributed by atoms with Gasteiger partial charge in [-0.25, -0.2) is 4.98 Å². The van der Waals surface area contributed by atoms with Crippen LogP contribution >= 0.6 is 11.6 Å². The number of ether oxygens (including phenoxy) is 2. The highest BCUT2D eigenvalue weighted by atomic mass is 35.5. The first-order valence-electron chi connectivity index (χ1n) is 9.54. The summed E-state index contributed by atoms with van der Waals surface area (Å²) in [5.74, 6) is 0.297. The Kier molecular flexibility index (Phi) is 5.83. The molecule has 9 nitrogen and oxygen atoms in total. The summed E-state index contributed by atoms with van der Waals surface area (Å²) in [6.07, 6.45) is 1.24. The van der Waals surface area contributed by atoms with Crippen LogP contribution in [0, 0.1) is 6.92 Å². The molecule has 0 radical (unpaired) electrons. The van der Waals surface area contributed by atoms with Crippen molar-refractivity contribution in [3.05, 3.63) is 63.7 Å². The Balaban J connectivity index is 1.64. The Morgan fingerprint density at radius 3 is 2.56 bits per heavy atom. The molecule has 164 valence electrons. The van der Waals surface area contributed by atoms with Crippen LogP contribution in [0.1, 0.15) is 5.56 Å². The molecule has 4 aromatic rings. The molecule has 2 aromatic carbocycles. The van der Waals surface area contributed by atoms with Crippen molar-refractivity contribution < 1.29 is 18.8 Å². The number of aryl methyl sites for hydroxylation is 1. The summed E-state index contributed by atoms with van der Waals surface area (Å²) in [4.78, 5) is 29.9. The number of nitrogens with one attached hydrogen (secondary N) is 1. The quantitative estimate of drug-likeness (QED) is 0.473. The molecule has 0 spiro atoms. The SMILES string of the molecule is COc1cc(OC)c(NC(=O)Cn2cnc3onc(-c4ccc(C)cc4)c3c2=O)cc1Cl. The van der Waals surface area contributed by atoms with E-state index < -0.39 is 11.5 Å². The molecule has 0 fully saturated rings. The first-order chi connectivity index (χ1) is 15.4. The minimum Gasteiger partial charge on any atom is -0.495 e. The van der Waals surface area contributed by atoms with Crippen molar-refractivity contribution in [2.75, 3.05) is 19.5 Å². The molecule has 0 unspecified atom stereocenters. The van der Waals surface area contributed by atoms with Gasteiger partial charge in [-0.2, -0.15) is 0 Å². The van der Waals surface area contributed by atoms with Crippen molar-refractivity contribution >= 4 is 34.3 Å². The van der Waals surface area contributed by atoms with E-state index in [2.05, 4.69) is 15.5 Å². The number of nitrogens with zero attached hydrogens (tertiary/aromatic N) is 3. The van der Waals surface area contributed by atoms with Crippen LogP contribution in [0.2, 0.25) is 5.02 Å². The van der Waals surface area contributed by atoms with Gasteiger partial charge < -0.3 is 19.3 Å². The highest BCUT2D eigenvalue weighted by Crippen LogP contribution is 2.35. The highest BCUT2D eigenvalue weighted by Gasteiger charge is 2.19. The standard InChI is InChI=1S/C22H19ClN4O5/c1-12-4-6-13(7-5-12)20-19-21(32-26-20)24-11-27(22(19)29)10-18(28)25-15-8-14(23)16(30-2)9-17(15)31-3/h4-9,11H,10H2,1-3H3,(H,25,28). The third-order valence-corrected chi connectivity index (χ3v) is 5.15. The molecule has 1 N–H and O–H groups in total. The number of carbonyl (C=O) groups excluding carboxylic acids is 1. The fourth-order valence-electron chi connectivity index (χ4n) is 3.20. The van der Waals surface area contributed by atoms with Gasteiger partial charge in [0.05, 0.1) is 24.9 Å². The molecule has 0 saturated carbocycles. The Labute approximate surface area is 187 Å². The van der Waals surface area contributed by atoms with Crippen LogP contribution in [0.5, 0.6) is 11.5 Å². The number of hydrogen-bond acceptors (Lipinski definition) is 7. The van der Waals surface area contributed by atoms with Gasteiger partial charge in [0, 0.05) is 11.6 Å². The predicted octanol–water partition coefficient (Wildman–Crippen LogP) is 3.67. The van der Waals surface area contributed by atoms with Gasteiger partial charge in [-0.1, -0.05) is 46.6 Å². The molecule has 32 heavy (non-hydrogen) atoms. The van der Waals surface area contributed by atoms with E-state index in [0.717, 1.165) is 5.56 Å². The van der Waals surface area contributed by atoms with Crippen molar-refractivity contribution in [2.45, 2.75) is 13.5 Å². The van der Waals surface area contributed by atoms with Crippen LogP contribution in [-0.4, -0.2) is 34.8 Å². The number of anilines is 1. The van der Waals surface area contributed by atoms with E-state index in [1.807, 2.05) is 31.2 Å². The molecule has 0 bridgehead atoms. The lowest BCUT2D eigenvalue weighted by molar-refractivity contribution is -0.116. The fourth-order valence-corrected chi connectivity index (χ4v) is 3.44. The first kappa shape index (κ1) is 21.4. The van der Waals surface area contributed by atoms with Crippen molar-refractivity contribution in [1.82, 2.24) is 14.7 Å². The van der Waals surface area contributed by atoms with Gasteiger partial charge in [0.25, 0.3) is 11.3 Å². The zero-order valence-electron chi connectivity index (χ0n) is 17.5. The summed E-state index contributed by atoms with van der Waals surface area (Å²) in [6, 6.07) is 10.6. The summed E-state index contributed by atoms with van der Waals surface area (Å²) in [5.41, 5.74) is 2.16. The Hall–Kier alpha value is -3.85. The second kappa shape index (κ2) is 8.72. The van der Waals surface area contributed by atoms with E-state index in [0.29, 0.717) is 33.5 Å². The molecule has 0 atom stereocenters. The van der Waals surface area contributed by atoms with E-state index in [9.17, 15) is 9.59 Å². The molecule has 2 heterocycles. The van der Waals surface area contributed by atoms with Crippen molar-refractivity contribution in [3.63, 3.8) is 0 Å². The fraction of sp³-hybridized carbons (Fsp3) is 0.182. The molecular weight excluding hydrogens is 436 g/mol. The summed E-state index contributed by atoms with van der Waals surface area (Å²) >= 11 is 6.15. The monoisotopic (exact) mass is 454 g/mol. The van der Waals surface area contributed by atoms with Gasteiger partial charge in [-0.3, -0.25) is 14.2 Å². The number of fused-ring (bicyclic) bond motifs is 1. The summed E-state index contributed by atoms with van der Waals surface area (Å²) < 4.78 is 16.8. The number of hydrogen-bond donors (Lipinski definition) is 1. The van der Waals surface area contributed by atoms with Crippen LogP contribution in [0.25, 0.3) is 22.4 Å². The lowest BCUT2D eigenvalue weighted by atomic mass is 10.1. The van der Waals surface area contributed by atoms with Gasteiger partial charge in [-0.05, 0) is 13.0 Å². The molecule has 0 aliphatic rings. The van der Waals surface area contributed by atoms with Crippen LogP contribution in [0.4, 0.5) is 5.69 Å². The molecule has 0 saturated heterocycles. The van der Waals surface area contributed by atoms with Crippen molar-refractivity contribution in [3.8, 4) is 22.8 Å². The predicted molar refractivity (Wildman–Crippen MR) is 119 cm³/mol. The molecule has 0 aliphatic heterocycles. The van der Waals surface area contributed by atoms with Gasteiger partial charge >= 0.3 is 0 Å². The minimum atomic E-state index is -0.471. The summed E-state index contributed by atoms with van der Waals surface area (Å²) in [5, 5.41) is 7.20. The minimum absolute atomic E-state index is 0.103. The number of amides is 1. The lowest BCUT2D eigenvalue weighted by Gasteiger charge is -2.13. The Morgan fingerprint density at radius 1 is 1.16 bits per heavy atom. The molecule has 2 aromatic heterocycles. The molecular formula is C22H19ClN4O5. The molecule has 10 heteroatoms. The summed E-state index contributed by atoms with van der Waals surface area (Å²) in [6.45, 7) is 1.68. The van der Waals surface area contributed by atoms with Gasteiger partial charge in [0.1, 0.15) is 35.5 Å². The van der Waals surface area contributed by atoms with Gasteiger partial charge in [0.2, 0.25) is 5.91 Å². The van der Waals surface area contributed by atoms with E-state index in [4.69, 9.17) is 25.6 Å². The topological polar surface area (TPSA) is 108 Å². The second-order valence-electron chi connectivity index (χ2n) is 6.99. The first-order valence-corrected chi connectivity index (χ1v) is 9.92. The average Bonchev–Trinajstić information content (AvgIpc) is 3.21. The molecule has 0 aliphatic carbocycles. The Bertz CT molecular complexity index is 1360. The zero-order valence-corrected chi connectivity index (χ0v) is 18.3. The Morgan fingerprint density at radius 2 is 1.88 bits per heavy atom.